The molecule has 0 aromatic heterocycles. The number of carbonyl (C=O) groups is 2. The van der Waals surface area contributed by atoms with Crippen molar-refractivity contribution in [2.24, 2.45) is 0 Å². The molecule has 2 amide bonds. The second-order valence-corrected chi connectivity index (χ2v) is 4.59. The second kappa shape index (κ2) is 8.19. The highest BCUT2D eigenvalue weighted by Crippen LogP contribution is 2.10. The third-order valence-corrected chi connectivity index (χ3v) is 2.73. The van der Waals surface area contributed by atoms with Gasteiger partial charge in [0.1, 0.15) is 11.8 Å². The topological polar surface area (TPSA) is 67.4 Å². The van der Waals surface area contributed by atoms with Gasteiger partial charge in [0.15, 0.2) is 6.10 Å². The summed E-state index contributed by atoms with van der Waals surface area (Å²) in [5, 5.41) is 5.36. The zero-order valence-corrected chi connectivity index (χ0v) is 12.2. The Kier molecular flexibility index (Phi) is 6.56. The van der Waals surface area contributed by atoms with Gasteiger partial charge in [-0.05, 0) is 32.4 Å². The van der Waals surface area contributed by atoms with Crippen LogP contribution >= 0.6 is 0 Å². The Hall–Kier alpha value is -2.04. The molecule has 2 atom stereocenters. The molecule has 0 aliphatic carbocycles. The molecule has 20 heavy (non-hydrogen) atoms. The van der Waals surface area contributed by atoms with Crippen LogP contribution in [0.4, 0.5) is 0 Å². The molecule has 0 bridgehead atoms. The number of rotatable bonds is 7. The number of ether oxygens (including phenoxy) is 1. The largest absolute Gasteiger partial charge is 0.481 e. The maximum Gasteiger partial charge on any atom is 0.261 e. The van der Waals surface area contributed by atoms with E-state index in [9.17, 15) is 9.59 Å². The third-order valence-electron chi connectivity index (χ3n) is 2.73. The van der Waals surface area contributed by atoms with Crippen molar-refractivity contribution in [3.05, 3.63) is 30.3 Å². The molecule has 0 spiro atoms. The van der Waals surface area contributed by atoms with Crippen LogP contribution in [0, 0.1) is 0 Å². The number of hydrogen-bond donors (Lipinski definition) is 2. The summed E-state index contributed by atoms with van der Waals surface area (Å²) in [7, 11) is 0. The molecule has 2 N–H and O–H groups in total. The summed E-state index contributed by atoms with van der Waals surface area (Å²) in [4.78, 5) is 23.6. The van der Waals surface area contributed by atoms with E-state index in [1.54, 1.807) is 26.0 Å². The van der Waals surface area contributed by atoms with Crippen LogP contribution in [0.25, 0.3) is 0 Å². The Bertz CT molecular complexity index is 434. The predicted molar refractivity (Wildman–Crippen MR) is 77.4 cm³/mol. The van der Waals surface area contributed by atoms with Gasteiger partial charge in [-0.15, -0.1) is 0 Å². The van der Waals surface area contributed by atoms with Crippen LogP contribution in [0.15, 0.2) is 30.3 Å². The average molecular weight is 278 g/mol. The molecule has 0 saturated carbocycles. The first-order valence-corrected chi connectivity index (χ1v) is 6.84. The number of benzene rings is 1. The number of carbonyl (C=O) groups excluding carboxylic acids is 2. The molecule has 0 radical (unpaired) electrons. The van der Waals surface area contributed by atoms with Gasteiger partial charge in [0.2, 0.25) is 5.91 Å². The van der Waals surface area contributed by atoms with Crippen LogP contribution in [-0.2, 0) is 9.59 Å². The van der Waals surface area contributed by atoms with Crippen molar-refractivity contribution in [3.63, 3.8) is 0 Å². The molecule has 0 aliphatic rings. The summed E-state index contributed by atoms with van der Waals surface area (Å²) >= 11 is 0. The molecule has 2 unspecified atom stereocenters. The molecular formula is C15H22N2O3. The van der Waals surface area contributed by atoms with Gasteiger partial charge >= 0.3 is 0 Å². The van der Waals surface area contributed by atoms with Gasteiger partial charge in [0, 0.05) is 6.54 Å². The van der Waals surface area contributed by atoms with Gasteiger partial charge in [-0.3, -0.25) is 9.59 Å². The quantitative estimate of drug-likeness (QED) is 0.794. The molecular weight excluding hydrogens is 256 g/mol. The van der Waals surface area contributed by atoms with Gasteiger partial charge in [-0.25, -0.2) is 0 Å². The van der Waals surface area contributed by atoms with E-state index in [2.05, 4.69) is 10.6 Å². The number of para-hydroxylation sites is 1. The number of hydrogen-bond acceptors (Lipinski definition) is 3. The van der Waals surface area contributed by atoms with Crippen molar-refractivity contribution in [3.8, 4) is 5.75 Å². The number of nitrogens with one attached hydrogen (secondary N) is 2. The SMILES string of the molecule is CCCNC(=O)C(C)NC(=O)C(C)Oc1ccccc1. The Morgan fingerprint density at radius 2 is 1.80 bits per heavy atom. The maximum absolute atomic E-state index is 11.9. The molecule has 0 saturated heterocycles. The predicted octanol–water partition coefficient (Wildman–Crippen LogP) is 1.48. The minimum atomic E-state index is -0.654. The smallest absolute Gasteiger partial charge is 0.261 e. The molecule has 0 heterocycles. The van der Waals surface area contributed by atoms with E-state index in [0.717, 1.165) is 6.42 Å². The van der Waals surface area contributed by atoms with E-state index in [0.29, 0.717) is 12.3 Å². The summed E-state index contributed by atoms with van der Waals surface area (Å²) in [5.74, 6) is 0.123. The van der Waals surface area contributed by atoms with E-state index in [4.69, 9.17) is 4.74 Å². The fourth-order valence-electron chi connectivity index (χ4n) is 1.55. The van der Waals surface area contributed by atoms with E-state index in [1.165, 1.54) is 0 Å². The van der Waals surface area contributed by atoms with Crippen LogP contribution in [0.1, 0.15) is 27.2 Å². The van der Waals surface area contributed by atoms with E-state index in [-0.39, 0.29) is 11.8 Å². The molecule has 0 fully saturated rings. The zero-order chi connectivity index (χ0) is 15.0. The molecule has 1 rings (SSSR count). The van der Waals surface area contributed by atoms with E-state index >= 15 is 0 Å². The summed E-state index contributed by atoms with van der Waals surface area (Å²) in [6.45, 7) is 5.88. The molecule has 1 aromatic rings. The fraction of sp³-hybridized carbons (Fsp3) is 0.467. The van der Waals surface area contributed by atoms with Crippen LogP contribution in [0.5, 0.6) is 5.75 Å². The summed E-state index contributed by atoms with van der Waals surface area (Å²) in [5.41, 5.74) is 0. The summed E-state index contributed by atoms with van der Waals surface area (Å²) in [6.07, 6.45) is 0.207. The first-order chi connectivity index (χ1) is 9.54. The number of amides is 2. The van der Waals surface area contributed by atoms with Crippen LogP contribution in [0.2, 0.25) is 0 Å². The van der Waals surface area contributed by atoms with Crippen LogP contribution in [0.3, 0.4) is 0 Å². The molecule has 5 heteroatoms. The van der Waals surface area contributed by atoms with Crippen LogP contribution < -0.4 is 15.4 Å². The highest BCUT2D eigenvalue weighted by Gasteiger charge is 2.20. The lowest BCUT2D eigenvalue weighted by Crippen LogP contribution is -2.48. The minimum absolute atomic E-state index is 0.188. The summed E-state index contributed by atoms with van der Waals surface area (Å²) < 4.78 is 5.49. The Balaban J connectivity index is 2.43. The van der Waals surface area contributed by atoms with Crippen molar-refractivity contribution in [1.82, 2.24) is 10.6 Å². The van der Waals surface area contributed by atoms with Gasteiger partial charge in [-0.2, -0.15) is 0 Å². The normalized spacial score (nSPS) is 13.2. The van der Waals surface area contributed by atoms with Gasteiger partial charge in [-0.1, -0.05) is 25.1 Å². The highest BCUT2D eigenvalue weighted by molar-refractivity contribution is 5.89. The lowest BCUT2D eigenvalue weighted by molar-refractivity contribution is -0.132. The standard InChI is InChI=1S/C15H22N2O3/c1-4-10-16-14(18)11(2)17-15(19)12(3)20-13-8-6-5-7-9-13/h5-9,11-12H,4,10H2,1-3H3,(H,16,18)(H,17,19). The van der Waals surface area contributed by atoms with Gasteiger partial charge in [0.05, 0.1) is 0 Å². The lowest BCUT2D eigenvalue weighted by Gasteiger charge is -2.18. The monoisotopic (exact) mass is 278 g/mol. The minimum Gasteiger partial charge on any atom is -0.481 e. The second-order valence-electron chi connectivity index (χ2n) is 4.59. The lowest BCUT2D eigenvalue weighted by atomic mass is 10.2. The van der Waals surface area contributed by atoms with Crippen molar-refractivity contribution in [2.75, 3.05) is 6.54 Å². The summed E-state index contributed by atoms with van der Waals surface area (Å²) in [6, 6.07) is 8.53. The molecule has 0 aliphatic heterocycles. The van der Waals surface area contributed by atoms with Crippen LogP contribution in [-0.4, -0.2) is 30.5 Å². The molecule has 110 valence electrons. The Labute approximate surface area is 119 Å². The van der Waals surface area contributed by atoms with Crippen molar-refractivity contribution < 1.29 is 14.3 Å². The van der Waals surface area contributed by atoms with Gasteiger partial charge < -0.3 is 15.4 Å². The van der Waals surface area contributed by atoms with Crippen molar-refractivity contribution >= 4 is 11.8 Å². The van der Waals surface area contributed by atoms with E-state index < -0.39 is 12.1 Å². The third kappa shape index (κ3) is 5.30. The first-order valence-electron chi connectivity index (χ1n) is 6.84. The first kappa shape index (κ1) is 16.0. The van der Waals surface area contributed by atoms with Crippen molar-refractivity contribution in [1.29, 1.82) is 0 Å². The van der Waals surface area contributed by atoms with Crippen molar-refractivity contribution in [2.45, 2.75) is 39.3 Å². The molecule has 1 aromatic carbocycles. The highest BCUT2D eigenvalue weighted by atomic mass is 16.5. The Morgan fingerprint density at radius 3 is 2.40 bits per heavy atom. The fourth-order valence-corrected chi connectivity index (χ4v) is 1.55. The zero-order valence-electron chi connectivity index (χ0n) is 12.2. The average Bonchev–Trinajstić information content (AvgIpc) is 2.45. The van der Waals surface area contributed by atoms with E-state index in [1.807, 2.05) is 25.1 Å². The van der Waals surface area contributed by atoms with Gasteiger partial charge in [0.25, 0.3) is 5.91 Å². The maximum atomic E-state index is 11.9. The Morgan fingerprint density at radius 1 is 1.15 bits per heavy atom. The molecule has 5 nitrogen and oxygen atoms in total.